The number of hydrogen-bond acceptors (Lipinski definition) is 3. The maximum Gasteiger partial charge on any atom is 0.228 e. The zero-order valence-electron chi connectivity index (χ0n) is 12.2. The van der Waals surface area contributed by atoms with E-state index in [1.54, 1.807) is 0 Å². The molecule has 3 N–H and O–H groups in total. The van der Waals surface area contributed by atoms with Crippen molar-refractivity contribution in [2.75, 3.05) is 26.2 Å². The third kappa shape index (κ3) is 4.05. The van der Waals surface area contributed by atoms with Crippen molar-refractivity contribution in [1.82, 2.24) is 10.2 Å². The van der Waals surface area contributed by atoms with Crippen molar-refractivity contribution in [2.45, 2.75) is 31.7 Å². The topological polar surface area (TPSA) is 58.4 Å². The molecule has 110 valence electrons. The lowest BCUT2D eigenvalue weighted by molar-refractivity contribution is -0.122. The van der Waals surface area contributed by atoms with Crippen LogP contribution in [0, 0.1) is 0 Å². The van der Waals surface area contributed by atoms with E-state index in [1.807, 2.05) is 30.3 Å². The third-order valence-electron chi connectivity index (χ3n) is 3.92. The Balaban J connectivity index is 1.80. The normalized spacial score (nSPS) is 16.1. The first-order valence-electron chi connectivity index (χ1n) is 7.53. The second kappa shape index (κ2) is 7.41. The number of hydrogen-bond donors (Lipinski definition) is 2. The average Bonchev–Trinajstić information content (AvgIpc) is 3.30. The highest BCUT2D eigenvalue weighted by Gasteiger charge is 2.27. The van der Waals surface area contributed by atoms with Gasteiger partial charge in [-0.1, -0.05) is 37.3 Å². The van der Waals surface area contributed by atoms with Gasteiger partial charge in [0.15, 0.2) is 0 Å². The molecule has 0 heterocycles. The molecule has 1 aliphatic carbocycles. The summed E-state index contributed by atoms with van der Waals surface area (Å²) >= 11 is 0. The van der Waals surface area contributed by atoms with Gasteiger partial charge in [-0.25, -0.2) is 0 Å². The molecule has 0 bridgehead atoms. The van der Waals surface area contributed by atoms with Crippen molar-refractivity contribution in [3.63, 3.8) is 0 Å². The van der Waals surface area contributed by atoms with Crippen LogP contribution in [0.5, 0.6) is 0 Å². The van der Waals surface area contributed by atoms with E-state index in [1.165, 1.54) is 12.8 Å². The number of likely N-dealkylation sites (N-methyl/N-ethyl adjacent to an activating group) is 1. The second-order valence-electron chi connectivity index (χ2n) is 5.35. The number of amides is 1. The highest BCUT2D eigenvalue weighted by Crippen LogP contribution is 2.25. The minimum Gasteiger partial charge on any atom is -0.354 e. The number of benzene rings is 1. The van der Waals surface area contributed by atoms with Crippen LogP contribution in [0.4, 0.5) is 0 Å². The Hall–Kier alpha value is -1.39. The maximum atomic E-state index is 12.2. The van der Waals surface area contributed by atoms with Crippen LogP contribution in [0.25, 0.3) is 0 Å². The van der Waals surface area contributed by atoms with E-state index >= 15 is 0 Å². The standard InChI is InChI=1S/C16H25N3O/c1-2-19(14-8-9-14)11-10-18-16(20)15(12-17)13-6-4-3-5-7-13/h3-7,14-15H,2,8-12,17H2,1H3,(H,18,20). The highest BCUT2D eigenvalue weighted by atomic mass is 16.1. The highest BCUT2D eigenvalue weighted by molar-refractivity contribution is 5.83. The van der Waals surface area contributed by atoms with Crippen LogP contribution in [-0.4, -0.2) is 43.0 Å². The van der Waals surface area contributed by atoms with Crippen LogP contribution in [0.1, 0.15) is 31.2 Å². The van der Waals surface area contributed by atoms with Crippen molar-refractivity contribution in [3.8, 4) is 0 Å². The van der Waals surface area contributed by atoms with E-state index < -0.39 is 0 Å². The van der Waals surface area contributed by atoms with Gasteiger partial charge in [0.2, 0.25) is 5.91 Å². The fraction of sp³-hybridized carbons (Fsp3) is 0.562. The molecule has 1 unspecified atom stereocenters. The zero-order chi connectivity index (χ0) is 14.4. The lowest BCUT2D eigenvalue weighted by atomic mass is 9.98. The number of carbonyl (C=O) groups excluding carboxylic acids is 1. The van der Waals surface area contributed by atoms with Crippen LogP contribution in [-0.2, 0) is 4.79 Å². The van der Waals surface area contributed by atoms with Gasteiger partial charge >= 0.3 is 0 Å². The molecule has 1 amide bonds. The summed E-state index contributed by atoms with van der Waals surface area (Å²) in [7, 11) is 0. The van der Waals surface area contributed by atoms with E-state index in [0.29, 0.717) is 13.1 Å². The van der Waals surface area contributed by atoms with E-state index in [9.17, 15) is 4.79 Å². The minimum atomic E-state index is -0.243. The molecule has 1 fully saturated rings. The summed E-state index contributed by atoms with van der Waals surface area (Å²) in [6.45, 7) is 5.20. The number of carbonyl (C=O) groups is 1. The van der Waals surface area contributed by atoms with Crippen molar-refractivity contribution < 1.29 is 4.79 Å². The van der Waals surface area contributed by atoms with Gasteiger partial charge in [-0.2, -0.15) is 0 Å². The summed E-state index contributed by atoms with van der Waals surface area (Å²) in [5.74, 6) is -0.210. The van der Waals surface area contributed by atoms with Crippen LogP contribution in [0.2, 0.25) is 0 Å². The maximum absolute atomic E-state index is 12.2. The monoisotopic (exact) mass is 275 g/mol. The third-order valence-corrected chi connectivity index (χ3v) is 3.92. The first-order chi connectivity index (χ1) is 9.76. The number of nitrogens with one attached hydrogen (secondary N) is 1. The first kappa shape index (κ1) is 15.0. The molecule has 0 aliphatic heterocycles. The van der Waals surface area contributed by atoms with E-state index in [0.717, 1.165) is 24.7 Å². The lowest BCUT2D eigenvalue weighted by Gasteiger charge is -2.21. The van der Waals surface area contributed by atoms with Crippen molar-refractivity contribution in [3.05, 3.63) is 35.9 Å². The Labute approximate surface area is 121 Å². The van der Waals surface area contributed by atoms with E-state index in [4.69, 9.17) is 5.73 Å². The Morgan fingerprint density at radius 2 is 2.10 bits per heavy atom. The Morgan fingerprint density at radius 3 is 2.65 bits per heavy atom. The largest absolute Gasteiger partial charge is 0.354 e. The Kier molecular flexibility index (Phi) is 5.56. The van der Waals surface area contributed by atoms with Crippen molar-refractivity contribution >= 4 is 5.91 Å². The molecule has 1 atom stereocenters. The molecule has 20 heavy (non-hydrogen) atoms. The second-order valence-corrected chi connectivity index (χ2v) is 5.35. The minimum absolute atomic E-state index is 0.0329. The molecular weight excluding hydrogens is 250 g/mol. The van der Waals surface area contributed by atoms with Crippen LogP contribution in [0.3, 0.4) is 0 Å². The smallest absolute Gasteiger partial charge is 0.228 e. The van der Waals surface area contributed by atoms with Gasteiger partial charge in [-0.3, -0.25) is 9.69 Å². The molecule has 0 spiro atoms. The number of nitrogens with two attached hydrogens (primary N) is 1. The predicted octanol–water partition coefficient (Wildman–Crippen LogP) is 1.33. The fourth-order valence-electron chi connectivity index (χ4n) is 2.56. The summed E-state index contributed by atoms with van der Waals surface area (Å²) < 4.78 is 0. The number of nitrogens with zero attached hydrogens (tertiary/aromatic N) is 1. The summed E-state index contributed by atoms with van der Waals surface area (Å²) in [5.41, 5.74) is 6.74. The molecule has 4 nitrogen and oxygen atoms in total. The lowest BCUT2D eigenvalue weighted by Crippen LogP contribution is -2.39. The molecular formula is C16H25N3O. The summed E-state index contributed by atoms with van der Waals surface area (Å²) in [4.78, 5) is 14.7. The summed E-state index contributed by atoms with van der Waals surface area (Å²) in [6.07, 6.45) is 2.61. The van der Waals surface area contributed by atoms with Crippen LogP contribution in [0.15, 0.2) is 30.3 Å². The van der Waals surface area contributed by atoms with Crippen LogP contribution < -0.4 is 11.1 Å². The van der Waals surface area contributed by atoms with Gasteiger partial charge in [-0.05, 0) is 24.9 Å². The molecule has 0 saturated heterocycles. The van der Waals surface area contributed by atoms with Gasteiger partial charge in [0, 0.05) is 25.7 Å². The Bertz CT molecular complexity index is 417. The molecule has 0 radical (unpaired) electrons. The van der Waals surface area contributed by atoms with Crippen molar-refractivity contribution in [2.24, 2.45) is 5.73 Å². The van der Waals surface area contributed by atoms with Gasteiger partial charge < -0.3 is 11.1 Å². The quantitative estimate of drug-likeness (QED) is 0.752. The fourth-order valence-corrected chi connectivity index (χ4v) is 2.56. The molecule has 1 saturated carbocycles. The first-order valence-corrected chi connectivity index (χ1v) is 7.53. The SMILES string of the molecule is CCN(CCNC(=O)C(CN)c1ccccc1)C1CC1. The van der Waals surface area contributed by atoms with Crippen LogP contribution >= 0.6 is 0 Å². The van der Waals surface area contributed by atoms with Crippen molar-refractivity contribution in [1.29, 1.82) is 0 Å². The molecule has 1 aromatic carbocycles. The molecule has 0 aromatic heterocycles. The molecule has 1 aliphatic rings. The summed E-state index contributed by atoms with van der Waals surface area (Å²) in [5, 5.41) is 3.02. The van der Waals surface area contributed by atoms with Gasteiger partial charge in [-0.15, -0.1) is 0 Å². The zero-order valence-corrected chi connectivity index (χ0v) is 12.2. The molecule has 1 aromatic rings. The van der Waals surface area contributed by atoms with E-state index in [2.05, 4.69) is 17.1 Å². The predicted molar refractivity (Wildman–Crippen MR) is 81.5 cm³/mol. The Morgan fingerprint density at radius 1 is 1.40 bits per heavy atom. The van der Waals surface area contributed by atoms with E-state index in [-0.39, 0.29) is 11.8 Å². The average molecular weight is 275 g/mol. The molecule has 2 rings (SSSR count). The van der Waals surface area contributed by atoms with Gasteiger partial charge in [0.25, 0.3) is 0 Å². The molecule has 4 heteroatoms. The summed E-state index contributed by atoms with van der Waals surface area (Å²) in [6, 6.07) is 10.5. The van der Waals surface area contributed by atoms with Gasteiger partial charge in [0.1, 0.15) is 0 Å². The van der Waals surface area contributed by atoms with Gasteiger partial charge in [0.05, 0.1) is 5.92 Å². The number of rotatable bonds is 8.